The van der Waals surface area contributed by atoms with Crippen LogP contribution in [0.3, 0.4) is 0 Å². The lowest BCUT2D eigenvalue weighted by Gasteiger charge is -2.19. The Kier molecular flexibility index (Phi) is 5.62. The fourth-order valence-electron chi connectivity index (χ4n) is 3.01. The first-order valence-corrected chi connectivity index (χ1v) is 8.69. The van der Waals surface area contributed by atoms with Crippen LogP contribution in [0.15, 0.2) is 34.9 Å². The Morgan fingerprint density at radius 1 is 1.42 bits per heavy atom. The number of hydrogen-bond donors (Lipinski definition) is 1. The standard InChI is InChI=1S/C18H22N4O4/c1-21(10-8-13-4-6-15(7-5-13)22(24)25)18(23)16-12-26-17(20-16)14-3-2-9-19-11-14/h4-7,12,14,19H,2-3,8-11H2,1H3. The van der Waals surface area contributed by atoms with Gasteiger partial charge in [-0.15, -0.1) is 0 Å². The number of piperidine rings is 1. The average Bonchev–Trinajstić information content (AvgIpc) is 3.16. The summed E-state index contributed by atoms with van der Waals surface area (Å²) in [5.41, 5.74) is 1.31. The van der Waals surface area contributed by atoms with Crippen LogP contribution < -0.4 is 5.32 Å². The number of rotatable bonds is 6. The molecule has 1 fully saturated rings. The van der Waals surface area contributed by atoms with E-state index in [2.05, 4.69) is 10.3 Å². The number of non-ortho nitro benzene ring substituents is 1. The summed E-state index contributed by atoms with van der Waals surface area (Å²) >= 11 is 0. The van der Waals surface area contributed by atoms with Gasteiger partial charge in [0.15, 0.2) is 11.6 Å². The van der Waals surface area contributed by atoms with Crippen LogP contribution in [0.2, 0.25) is 0 Å². The number of nitro groups is 1. The first-order chi connectivity index (χ1) is 12.5. The number of hydrogen-bond acceptors (Lipinski definition) is 6. The summed E-state index contributed by atoms with van der Waals surface area (Å²) in [6.07, 6.45) is 4.12. The van der Waals surface area contributed by atoms with Crippen LogP contribution in [0.25, 0.3) is 0 Å². The molecule has 1 aliphatic heterocycles. The molecule has 3 rings (SSSR count). The number of carbonyl (C=O) groups excluding carboxylic acids is 1. The van der Waals surface area contributed by atoms with E-state index in [9.17, 15) is 14.9 Å². The number of aromatic nitrogens is 1. The van der Waals surface area contributed by atoms with Crippen molar-refractivity contribution in [3.05, 3.63) is 57.8 Å². The number of carbonyl (C=O) groups is 1. The summed E-state index contributed by atoms with van der Waals surface area (Å²) in [4.78, 5) is 28.7. The molecule has 1 amide bonds. The van der Waals surface area contributed by atoms with Crippen LogP contribution in [-0.4, -0.2) is 47.4 Å². The molecular formula is C18H22N4O4. The fraction of sp³-hybridized carbons (Fsp3) is 0.444. The van der Waals surface area contributed by atoms with Gasteiger partial charge in [-0.3, -0.25) is 14.9 Å². The molecule has 2 heterocycles. The van der Waals surface area contributed by atoms with Crippen molar-refractivity contribution in [2.45, 2.75) is 25.2 Å². The molecule has 1 saturated heterocycles. The summed E-state index contributed by atoms with van der Waals surface area (Å²) in [6.45, 7) is 2.32. The van der Waals surface area contributed by atoms with Crippen molar-refractivity contribution >= 4 is 11.6 Å². The van der Waals surface area contributed by atoms with Gasteiger partial charge in [-0.25, -0.2) is 4.98 Å². The molecular weight excluding hydrogens is 336 g/mol. The summed E-state index contributed by atoms with van der Waals surface area (Å²) in [5.74, 6) is 0.644. The van der Waals surface area contributed by atoms with E-state index in [1.54, 1.807) is 24.1 Å². The summed E-state index contributed by atoms with van der Waals surface area (Å²) in [5, 5.41) is 14.0. The van der Waals surface area contributed by atoms with Crippen molar-refractivity contribution in [2.75, 3.05) is 26.7 Å². The Bertz CT molecular complexity index is 766. The van der Waals surface area contributed by atoms with Crippen LogP contribution in [-0.2, 0) is 6.42 Å². The molecule has 138 valence electrons. The van der Waals surface area contributed by atoms with Gasteiger partial charge in [-0.2, -0.15) is 0 Å². The molecule has 1 N–H and O–H groups in total. The van der Waals surface area contributed by atoms with Crippen LogP contribution in [0.4, 0.5) is 5.69 Å². The number of nitrogens with zero attached hydrogens (tertiary/aromatic N) is 3. The van der Waals surface area contributed by atoms with Gasteiger partial charge in [-0.05, 0) is 31.4 Å². The van der Waals surface area contributed by atoms with Crippen molar-refractivity contribution < 1.29 is 14.1 Å². The van der Waals surface area contributed by atoms with Gasteiger partial charge < -0.3 is 14.6 Å². The number of nitrogens with one attached hydrogen (secondary N) is 1. The first kappa shape index (κ1) is 18.1. The average molecular weight is 358 g/mol. The van der Waals surface area contributed by atoms with E-state index in [0.717, 1.165) is 31.5 Å². The molecule has 1 atom stereocenters. The smallest absolute Gasteiger partial charge is 0.275 e. The zero-order valence-electron chi connectivity index (χ0n) is 14.7. The number of benzene rings is 1. The third-order valence-corrected chi connectivity index (χ3v) is 4.62. The van der Waals surface area contributed by atoms with E-state index >= 15 is 0 Å². The molecule has 0 aliphatic carbocycles. The number of nitro benzene ring substituents is 1. The van der Waals surface area contributed by atoms with E-state index in [1.807, 2.05) is 0 Å². The maximum absolute atomic E-state index is 12.5. The zero-order valence-corrected chi connectivity index (χ0v) is 14.7. The molecule has 1 aromatic heterocycles. The van der Waals surface area contributed by atoms with Crippen molar-refractivity contribution in [1.82, 2.24) is 15.2 Å². The number of oxazole rings is 1. The molecule has 8 nitrogen and oxygen atoms in total. The molecule has 1 aliphatic rings. The summed E-state index contributed by atoms with van der Waals surface area (Å²) in [7, 11) is 1.71. The molecule has 1 aromatic carbocycles. The minimum atomic E-state index is -0.427. The lowest BCUT2D eigenvalue weighted by Crippen LogP contribution is -2.30. The van der Waals surface area contributed by atoms with Gasteiger partial charge in [0.25, 0.3) is 11.6 Å². The highest BCUT2D eigenvalue weighted by molar-refractivity contribution is 5.91. The van der Waals surface area contributed by atoms with Gasteiger partial charge >= 0.3 is 0 Å². The minimum Gasteiger partial charge on any atom is -0.448 e. The van der Waals surface area contributed by atoms with E-state index < -0.39 is 4.92 Å². The topological polar surface area (TPSA) is 102 Å². The lowest BCUT2D eigenvalue weighted by molar-refractivity contribution is -0.384. The molecule has 0 spiro atoms. The SMILES string of the molecule is CN(CCc1ccc([N+](=O)[O-])cc1)C(=O)c1coc(C2CCCNC2)n1. The summed E-state index contributed by atoms with van der Waals surface area (Å²) < 4.78 is 5.51. The Morgan fingerprint density at radius 3 is 2.85 bits per heavy atom. The lowest BCUT2D eigenvalue weighted by atomic mass is 10.00. The van der Waals surface area contributed by atoms with Gasteiger partial charge in [-0.1, -0.05) is 12.1 Å². The fourth-order valence-corrected chi connectivity index (χ4v) is 3.01. The third-order valence-electron chi connectivity index (χ3n) is 4.62. The van der Waals surface area contributed by atoms with Crippen LogP contribution in [0.1, 0.15) is 40.7 Å². The van der Waals surface area contributed by atoms with Crippen molar-refractivity contribution in [3.63, 3.8) is 0 Å². The molecule has 0 radical (unpaired) electrons. The normalized spacial score (nSPS) is 17.0. The predicted octanol–water partition coefficient (Wildman–Crippen LogP) is 2.36. The van der Waals surface area contributed by atoms with Crippen molar-refractivity contribution in [2.24, 2.45) is 0 Å². The highest BCUT2D eigenvalue weighted by Crippen LogP contribution is 2.22. The predicted molar refractivity (Wildman–Crippen MR) is 95.1 cm³/mol. The van der Waals surface area contributed by atoms with E-state index in [4.69, 9.17) is 4.42 Å². The molecule has 1 unspecified atom stereocenters. The molecule has 2 aromatic rings. The van der Waals surface area contributed by atoms with Gasteiger partial charge in [0.2, 0.25) is 0 Å². The largest absolute Gasteiger partial charge is 0.448 e. The Morgan fingerprint density at radius 2 is 2.19 bits per heavy atom. The third kappa shape index (κ3) is 4.26. The highest BCUT2D eigenvalue weighted by atomic mass is 16.6. The zero-order chi connectivity index (χ0) is 18.5. The van der Waals surface area contributed by atoms with Gasteiger partial charge in [0, 0.05) is 38.2 Å². The Labute approximate surface area is 151 Å². The summed E-state index contributed by atoms with van der Waals surface area (Å²) in [6, 6.07) is 6.36. The van der Waals surface area contributed by atoms with Gasteiger partial charge in [0.05, 0.1) is 4.92 Å². The minimum absolute atomic E-state index is 0.0607. The van der Waals surface area contributed by atoms with Crippen molar-refractivity contribution in [1.29, 1.82) is 0 Å². The maximum atomic E-state index is 12.5. The Balaban J connectivity index is 1.55. The van der Waals surface area contributed by atoms with Crippen molar-refractivity contribution in [3.8, 4) is 0 Å². The maximum Gasteiger partial charge on any atom is 0.275 e. The van der Waals surface area contributed by atoms with Crippen LogP contribution >= 0.6 is 0 Å². The van der Waals surface area contributed by atoms with E-state index in [0.29, 0.717) is 24.6 Å². The number of amides is 1. The molecule has 0 saturated carbocycles. The second-order valence-corrected chi connectivity index (χ2v) is 6.51. The van der Waals surface area contributed by atoms with E-state index in [1.165, 1.54) is 18.4 Å². The Hall–Kier alpha value is -2.74. The highest BCUT2D eigenvalue weighted by Gasteiger charge is 2.23. The second kappa shape index (κ2) is 8.09. The quantitative estimate of drug-likeness (QED) is 0.628. The van der Waals surface area contributed by atoms with Crippen LogP contribution in [0.5, 0.6) is 0 Å². The molecule has 0 bridgehead atoms. The number of likely N-dealkylation sites (N-methyl/N-ethyl adjacent to an activating group) is 1. The monoisotopic (exact) mass is 358 g/mol. The first-order valence-electron chi connectivity index (χ1n) is 8.69. The van der Waals surface area contributed by atoms with Crippen LogP contribution in [0, 0.1) is 10.1 Å². The van der Waals surface area contributed by atoms with Gasteiger partial charge in [0.1, 0.15) is 6.26 Å². The second-order valence-electron chi connectivity index (χ2n) is 6.51. The van der Waals surface area contributed by atoms with E-state index in [-0.39, 0.29) is 17.5 Å². The molecule has 26 heavy (non-hydrogen) atoms. The molecule has 8 heteroatoms.